The summed E-state index contributed by atoms with van der Waals surface area (Å²) in [7, 11) is 0. The molecule has 0 unspecified atom stereocenters. The van der Waals surface area contributed by atoms with Gasteiger partial charge >= 0.3 is 0 Å². The third-order valence-electron chi connectivity index (χ3n) is 3.56. The molecule has 3 aromatic rings. The molecule has 1 amide bonds. The second-order valence-corrected chi connectivity index (χ2v) is 5.75. The lowest BCUT2D eigenvalue weighted by Crippen LogP contribution is -2.24. The maximum absolute atomic E-state index is 13.5. The Labute approximate surface area is 144 Å². The van der Waals surface area contributed by atoms with Crippen molar-refractivity contribution in [2.45, 2.75) is 13.0 Å². The summed E-state index contributed by atoms with van der Waals surface area (Å²) in [6.45, 7) is 0.251. The van der Waals surface area contributed by atoms with Crippen molar-refractivity contribution in [1.29, 1.82) is 0 Å². The molecule has 1 aromatic heterocycles. The summed E-state index contributed by atoms with van der Waals surface area (Å²) >= 11 is 5.86. The number of amides is 1. The lowest BCUT2D eigenvalue weighted by molar-refractivity contribution is -0.120. The minimum atomic E-state index is -0.379. The third kappa shape index (κ3) is 4.03. The van der Waals surface area contributed by atoms with Crippen molar-refractivity contribution in [3.63, 3.8) is 0 Å². The number of hydrogen-bond acceptors (Lipinski definition) is 2. The van der Waals surface area contributed by atoms with Gasteiger partial charge in [0.1, 0.15) is 17.3 Å². The molecule has 0 radical (unpaired) electrons. The van der Waals surface area contributed by atoms with Gasteiger partial charge in [-0.2, -0.15) is 0 Å². The van der Waals surface area contributed by atoms with Crippen LogP contribution in [0.5, 0.6) is 0 Å². The normalized spacial score (nSPS) is 10.6. The van der Waals surface area contributed by atoms with Crippen molar-refractivity contribution >= 4 is 17.5 Å². The number of halogens is 2. The zero-order valence-electron chi connectivity index (χ0n) is 12.8. The molecule has 0 spiro atoms. The van der Waals surface area contributed by atoms with Crippen LogP contribution in [0.2, 0.25) is 5.02 Å². The molecule has 3 rings (SSSR count). The molecule has 0 saturated heterocycles. The SMILES string of the molecule is O=C(Cc1ccccc1F)NCc1ccc(-c2ccc(Cl)cc2)o1. The molecule has 0 bridgehead atoms. The lowest BCUT2D eigenvalue weighted by Gasteiger charge is -2.04. The van der Waals surface area contributed by atoms with Gasteiger partial charge in [0.05, 0.1) is 13.0 Å². The van der Waals surface area contributed by atoms with Gasteiger partial charge in [0, 0.05) is 10.6 Å². The van der Waals surface area contributed by atoms with Crippen LogP contribution in [0.25, 0.3) is 11.3 Å². The van der Waals surface area contributed by atoms with Gasteiger partial charge in [-0.1, -0.05) is 29.8 Å². The first kappa shape index (κ1) is 16.3. The summed E-state index contributed by atoms with van der Waals surface area (Å²) in [6.07, 6.45) is -0.00256. The predicted octanol–water partition coefficient (Wildman–Crippen LogP) is 4.60. The Kier molecular flexibility index (Phi) is 4.96. The quantitative estimate of drug-likeness (QED) is 0.735. The van der Waals surface area contributed by atoms with Gasteiger partial charge in [-0.3, -0.25) is 4.79 Å². The number of furan rings is 1. The van der Waals surface area contributed by atoms with E-state index in [-0.39, 0.29) is 24.7 Å². The van der Waals surface area contributed by atoms with Crippen LogP contribution in [0.1, 0.15) is 11.3 Å². The first-order valence-corrected chi connectivity index (χ1v) is 7.84. The van der Waals surface area contributed by atoms with E-state index in [9.17, 15) is 9.18 Å². The minimum absolute atomic E-state index is 0.00256. The lowest BCUT2D eigenvalue weighted by atomic mass is 10.1. The largest absolute Gasteiger partial charge is 0.459 e. The Bertz CT molecular complexity index is 843. The molecule has 1 heterocycles. The monoisotopic (exact) mass is 343 g/mol. The summed E-state index contributed by atoms with van der Waals surface area (Å²) in [4.78, 5) is 11.9. The van der Waals surface area contributed by atoms with E-state index in [2.05, 4.69) is 5.32 Å². The average molecular weight is 344 g/mol. The number of benzene rings is 2. The topological polar surface area (TPSA) is 42.2 Å². The van der Waals surface area contributed by atoms with Crippen LogP contribution < -0.4 is 5.32 Å². The van der Waals surface area contributed by atoms with Crippen LogP contribution in [0.4, 0.5) is 4.39 Å². The molecule has 3 nitrogen and oxygen atoms in total. The van der Waals surface area contributed by atoms with E-state index in [1.165, 1.54) is 6.07 Å². The number of carbonyl (C=O) groups excluding carboxylic acids is 1. The fraction of sp³-hybridized carbons (Fsp3) is 0.105. The standard InChI is InChI=1S/C19H15ClFNO2/c20-15-7-5-13(6-8-15)18-10-9-16(24-18)12-22-19(23)11-14-3-1-2-4-17(14)21/h1-10H,11-12H2,(H,22,23). The van der Waals surface area contributed by atoms with Gasteiger partial charge in [-0.05, 0) is 48.0 Å². The Hall–Kier alpha value is -2.59. The van der Waals surface area contributed by atoms with Gasteiger partial charge in [-0.25, -0.2) is 4.39 Å². The fourth-order valence-corrected chi connectivity index (χ4v) is 2.43. The van der Waals surface area contributed by atoms with Gasteiger partial charge in [0.25, 0.3) is 0 Å². The van der Waals surface area contributed by atoms with Gasteiger partial charge < -0.3 is 9.73 Å². The molecule has 0 saturated carbocycles. The highest BCUT2D eigenvalue weighted by Gasteiger charge is 2.09. The maximum atomic E-state index is 13.5. The van der Waals surface area contributed by atoms with Crippen molar-refractivity contribution in [2.75, 3.05) is 0 Å². The zero-order chi connectivity index (χ0) is 16.9. The van der Waals surface area contributed by atoms with Crippen LogP contribution in [0.3, 0.4) is 0 Å². The van der Waals surface area contributed by atoms with E-state index in [4.69, 9.17) is 16.0 Å². The molecule has 5 heteroatoms. The smallest absolute Gasteiger partial charge is 0.224 e. The second kappa shape index (κ2) is 7.32. The second-order valence-electron chi connectivity index (χ2n) is 5.32. The molecule has 24 heavy (non-hydrogen) atoms. The van der Waals surface area contributed by atoms with E-state index < -0.39 is 0 Å². The Morgan fingerprint density at radius 2 is 1.79 bits per heavy atom. The van der Waals surface area contributed by atoms with Gasteiger partial charge in [0.2, 0.25) is 5.91 Å². The first-order chi connectivity index (χ1) is 11.6. The molecular formula is C19H15ClFNO2. The average Bonchev–Trinajstić information content (AvgIpc) is 3.05. The van der Waals surface area contributed by atoms with Crippen LogP contribution >= 0.6 is 11.6 Å². The highest BCUT2D eigenvalue weighted by atomic mass is 35.5. The van der Waals surface area contributed by atoms with Gasteiger partial charge in [0.15, 0.2) is 0 Å². The summed E-state index contributed by atoms with van der Waals surface area (Å²) in [5.74, 6) is 0.687. The van der Waals surface area contributed by atoms with E-state index in [1.54, 1.807) is 36.4 Å². The fourth-order valence-electron chi connectivity index (χ4n) is 2.31. The molecule has 122 valence electrons. The maximum Gasteiger partial charge on any atom is 0.224 e. The summed E-state index contributed by atoms with van der Waals surface area (Å²) < 4.78 is 19.2. The number of nitrogens with one attached hydrogen (secondary N) is 1. The molecule has 0 aliphatic carbocycles. The number of carbonyl (C=O) groups is 1. The first-order valence-electron chi connectivity index (χ1n) is 7.46. The van der Waals surface area contributed by atoms with Crippen molar-refractivity contribution < 1.29 is 13.6 Å². The molecule has 0 atom stereocenters. The molecule has 0 fully saturated rings. The molecule has 0 aliphatic rings. The van der Waals surface area contributed by atoms with Crippen LogP contribution in [0, 0.1) is 5.82 Å². The van der Waals surface area contributed by atoms with Crippen molar-refractivity contribution in [3.05, 3.63) is 82.8 Å². The summed E-state index contributed by atoms with van der Waals surface area (Å²) in [5.41, 5.74) is 1.28. The van der Waals surface area contributed by atoms with Crippen LogP contribution in [0.15, 0.2) is 65.1 Å². The predicted molar refractivity (Wildman–Crippen MR) is 91.1 cm³/mol. The van der Waals surface area contributed by atoms with Crippen molar-refractivity contribution in [2.24, 2.45) is 0 Å². The summed E-state index contributed by atoms with van der Waals surface area (Å²) in [6, 6.07) is 17.2. The summed E-state index contributed by atoms with van der Waals surface area (Å²) in [5, 5.41) is 3.39. The Balaban J connectivity index is 1.58. The van der Waals surface area contributed by atoms with Crippen molar-refractivity contribution in [3.8, 4) is 11.3 Å². The highest BCUT2D eigenvalue weighted by Crippen LogP contribution is 2.23. The molecular weight excluding hydrogens is 329 g/mol. The Morgan fingerprint density at radius 1 is 1.04 bits per heavy atom. The molecule has 0 aliphatic heterocycles. The van der Waals surface area contributed by atoms with Crippen molar-refractivity contribution in [1.82, 2.24) is 5.32 Å². The number of hydrogen-bond donors (Lipinski definition) is 1. The van der Waals surface area contributed by atoms with E-state index in [0.29, 0.717) is 22.1 Å². The van der Waals surface area contributed by atoms with Crippen LogP contribution in [-0.2, 0) is 17.8 Å². The van der Waals surface area contributed by atoms with E-state index >= 15 is 0 Å². The van der Waals surface area contributed by atoms with E-state index in [1.807, 2.05) is 18.2 Å². The van der Waals surface area contributed by atoms with Gasteiger partial charge in [-0.15, -0.1) is 0 Å². The number of rotatable bonds is 5. The highest BCUT2D eigenvalue weighted by molar-refractivity contribution is 6.30. The van der Waals surface area contributed by atoms with E-state index in [0.717, 1.165) is 5.56 Å². The Morgan fingerprint density at radius 3 is 2.54 bits per heavy atom. The molecule has 1 N–H and O–H groups in total. The van der Waals surface area contributed by atoms with Crippen LogP contribution in [-0.4, -0.2) is 5.91 Å². The minimum Gasteiger partial charge on any atom is -0.459 e. The molecule has 2 aromatic carbocycles. The zero-order valence-corrected chi connectivity index (χ0v) is 13.5. The third-order valence-corrected chi connectivity index (χ3v) is 3.81.